The first-order valence-corrected chi connectivity index (χ1v) is 13.1. The van der Waals surface area contributed by atoms with Gasteiger partial charge in [-0.2, -0.15) is 0 Å². The molecule has 4 N–H and O–H groups in total. The van der Waals surface area contributed by atoms with E-state index in [2.05, 4.69) is 10.0 Å². The topological polar surface area (TPSA) is 136 Å². The summed E-state index contributed by atoms with van der Waals surface area (Å²) in [6.07, 6.45) is 3.70. The highest BCUT2D eigenvalue weighted by atomic mass is 32.2. The van der Waals surface area contributed by atoms with Gasteiger partial charge in [0.15, 0.2) is 0 Å². The first kappa shape index (κ1) is 24.1. The number of fused-ring (bicyclic) bond motifs is 1. The van der Waals surface area contributed by atoms with Crippen molar-refractivity contribution in [3.63, 3.8) is 0 Å². The minimum Gasteiger partial charge on any atom is -0.480 e. The number of carboxylic acids is 2. The summed E-state index contributed by atoms with van der Waals surface area (Å²) in [5.74, 6) is -0.669. The Labute approximate surface area is 194 Å². The average Bonchev–Trinajstić information content (AvgIpc) is 3.15. The van der Waals surface area contributed by atoms with Crippen molar-refractivity contribution in [2.24, 2.45) is 17.8 Å². The molecule has 1 aromatic rings. The summed E-state index contributed by atoms with van der Waals surface area (Å²) in [6, 6.07) is 5.04. The van der Waals surface area contributed by atoms with E-state index < -0.39 is 40.1 Å². The molecule has 33 heavy (non-hydrogen) atoms. The number of hydrogen-bond acceptors (Lipinski definition) is 6. The summed E-state index contributed by atoms with van der Waals surface area (Å²) in [4.78, 5) is 25.4. The van der Waals surface area contributed by atoms with E-state index >= 15 is 0 Å². The van der Waals surface area contributed by atoms with Gasteiger partial charge in [0.25, 0.3) is 0 Å². The highest BCUT2D eigenvalue weighted by Gasteiger charge is 2.42. The summed E-state index contributed by atoms with van der Waals surface area (Å²) in [5, 5.41) is 22.3. The number of carbonyl (C=O) groups is 2. The fraction of sp³-hybridized carbons (Fsp3) is 0.652. The molecule has 2 heterocycles. The van der Waals surface area contributed by atoms with Crippen molar-refractivity contribution in [1.82, 2.24) is 14.9 Å². The second-order valence-electron chi connectivity index (χ2n) is 9.86. The van der Waals surface area contributed by atoms with Crippen molar-refractivity contribution in [2.45, 2.75) is 62.0 Å². The molecule has 1 aliphatic carbocycles. The second-order valence-corrected chi connectivity index (χ2v) is 11.5. The molecule has 1 aromatic carbocycles. The number of nitrogens with one attached hydrogen (secondary N) is 2. The van der Waals surface area contributed by atoms with E-state index in [4.69, 9.17) is 0 Å². The van der Waals surface area contributed by atoms with Crippen LogP contribution in [0.1, 0.15) is 37.7 Å². The van der Waals surface area contributed by atoms with E-state index in [9.17, 15) is 28.2 Å². The van der Waals surface area contributed by atoms with E-state index in [-0.39, 0.29) is 17.2 Å². The van der Waals surface area contributed by atoms with Crippen LogP contribution in [0.4, 0.5) is 0 Å². The van der Waals surface area contributed by atoms with Gasteiger partial charge in [0.05, 0.1) is 4.90 Å². The summed E-state index contributed by atoms with van der Waals surface area (Å²) < 4.78 is 28.5. The van der Waals surface area contributed by atoms with Crippen molar-refractivity contribution in [3.05, 3.63) is 29.8 Å². The number of hydrogen-bond donors (Lipinski definition) is 4. The Morgan fingerprint density at radius 2 is 1.85 bits per heavy atom. The van der Waals surface area contributed by atoms with Crippen LogP contribution >= 0.6 is 0 Å². The lowest BCUT2D eigenvalue weighted by Gasteiger charge is -2.42. The summed E-state index contributed by atoms with van der Waals surface area (Å²) in [7, 11) is -3.74. The molecule has 182 valence electrons. The standard InChI is InChI=1S/C23H33N3O6S/c1-14-4-2-3-5-21(14)33(31,32)25-18-10-20(23(29)30)26(13-18)12-15-6-7-16-11-24-19(22(27)28)9-17(16)8-15/h2-5,15-20,24-25H,6-13H2,1H3,(H,27,28)(H,29,30)/t15-,16-,17+,18-,19-,20-/m0/s1. The Hall–Kier alpha value is -2.01. The van der Waals surface area contributed by atoms with Gasteiger partial charge in [0, 0.05) is 19.1 Å². The molecular weight excluding hydrogens is 446 g/mol. The molecule has 0 bridgehead atoms. The average molecular weight is 480 g/mol. The molecule has 10 heteroatoms. The highest BCUT2D eigenvalue weighted by Crippen LogP contribution is 2.39. The predicted molar refractivity (Wildman–Crippen MR) is 121 cm³/mol. The van der Waals surface area contributed by atoms with Gasteiger partial charge in [-0.25, -0.2) is 13.1 Å². The monoisotopic (exact) mass is 479 g/mol. The highest BCUT2D eigenvalue weighted by molar-refractivity contribution is 7.89. The normalized spacial score (nSPS) is 32.9. The maximum Gasteiger partial charge on any atom is 0.320 e. The van der Waals surface area contributed by atoms with Crippen molar-refractivity contribution < 1.29 is 28.2 Å². The van der Waals surface area contributed by atoms with E-state index in [1.807, 2.05) is 4.90 Å². The largest absolute Gasteiger partial charge is 0.480 e. The van der Waals surface area contributed by atoms with Gasteiger partial charge in [-0.05, 0) is 75.0 Å². The zero-order valence-electron chi connectivity index (χ0n) is 18.8. The fourth-order valence-electron chi connectivity index (χ4n) is 5.94. The first-order valence-electron chi connectivity index (χ1n) is 11.6. The third-order valence-corrected chi connectivity index (χ3v) is 9.28. The summed E-state index contributed by atoms with van der Waals surface area (Å²) in [6.45, 7) is 3.40. The summed E-state index contributed by atoms with van der Waals surface area (Å²) in [5.41, 5.74) is 0.646. The lowest BCUT2D eigenvalue weighted by Crippen LogP contribution is -2.50. The Balaban J connectivity index is 1.40. The molecule has 0 aromatic heterocycles. The third-order valence-electron chi connectivity index (χ3n) is 7.60. The summed E-state index contributed by atoms with van der Waals surface area (Å²) >= 11 is 0. The minimum absolute atomic E-state index is 0.215. The van der Waals surface area contributed by atoms with Crippen LogP contribution in [-0.4, -0.2) is 73.2 Å². The van der Waals surface area contributed by atoms with E-state index in [0.29, 0.717) is 36.9 Å². The molecule has 6 atom stereocenters. The number of aryl methyl sites for hydroxylation is 1. The number of sulfonamides is 1. The van der Waals surface area contributed by atoms with Crippen molar-refractivity contribution in [2.75, 3.05) is 19.6 Å². The fourth-order valence-corrected chi connectivity index (χ4v) is 7.42. The van der Waals surface area contributed by atoms with E-state index in [1.165, 1.54) is 0 Å². The predicted octanol–water partition coefficient (Wildman–Crippen LogP) is 1.28. The maximum absolute atomic E-state index is 12.9. The number of nitrogens with zero attached hydrogens (tertiary/aromatic N) is 1. The third kappa shape index (κ3) is 5.40. The van der Waals surface area contributed by atoms with Gasteiger partial charge in [-0.1, -0.05) is 18.2 Å². The Bertz CT molecular complexity index is 1000. The van der Waals surface area contributed by atoms with Crippen LogP contribution in [0.3, 0.4) is 0 Å². The van der Waals surface area contributed by atoms with Gasteiger partial charge in [0.2, 0.25) is 10.0 Å². The molecule has 9 nitrogen and oxygen atoms in total. The Morgan fingerprint density at radius 3 is 2.55 bits per heavy atom. The molecule has 2 aliphatic heterocycles. The zero-order chi connectivity index (χ0) is 23.8. The molecular formula is C23H33N3O6S. The van der Waals surface area contributed by atoms with Crippen molar-refractivity contribution in [3.8, 4) is 0 Å². The molecule has 1 saturated carbocycles. The molecule has 4 rings (SSSR count). The molecule has 3 aliphatic rings. The van der Waals surface area contributed by atoms with Crippen LogP contribution in [0.25, 0.3) is 0 Å². The molecule has 0 amide bonds. The van der Waals surface area contributed by atoms with Crippen LogP contribution in [-0.2, 0) is 19.6 Å². The van der Waals surface area contributed by atoms with Gasteiger partial charge in [0.1, 0.15) is 12.1 Å². The molecule has 0 unspecified atom stereocenters. The number of aliphatic carboxylic acids is 2. The zero-order valence-corrected chi connectivity index (χ0v) is 19.6. The Morgan fingerprint density at radius 1 is 1.09 bits per heavy atom. The van der Waals surface area contributed by atoms with Crippen LogP contribution in [0.2, 0.25) is 0 Å². The molecule has 0 spiro atoms. The SMILES string of the molecule is Cc1ccccc1S(=O)(=O)N[C@H]1C[C@@H](C(=O)O)N(C[C@H]2CC[C@H]3CN[C@H](C(=O)O)C[C@H]3C2)C1. The van der Waals surface area contributed by atoms with Crippen LogP contribution in [0, 0.1) is 24.7 Å². The van der Waals surface area contributed by atoms with Crippen LogP contribution in [0.15, 0.2) is 29.2 Å². The smallest absolute Gasteiger partial charge is 0.320 e. The minimum atomic E-state index is -3.74. The van der Waals surface area contributed by atoms with Gasteiger partial charge < -0.3 is 15.5 Å². The maximum atomic E-state index is 12.9. The molecule has 3 fully saturated rings. The van der Waals surface area contributed by atoms with Gasteiger partial charge in [-0.15, -0.1) is 0 Å². The molecule has 0 radical (unpaired) electrons. The van der Waals surface area contributed by atoms with E-state index in [0.717, 1.165) is 25.8 Å². The number of likely N-dealkylation sites (tertiary alicyclic amines) is 1. The number of benzene rings is 1. The number of piperidine rings is 1. The number of carboxylic acid groups (broad SMARTS) is 2. The van der Waals surface area contributed by atoms with Crippen molar-refractivity contribution >= 4 is 22.0 Å². The lowest BCUT2D eigenvalue weighted by atomic mass is 9.69. The first-order chi connectivity index (χ1) is 15.6. The number of rotatable bonds is 7. The van der Waals surface area contributed by atoms with Gasteiger partial charge >= 0.3 is 11.9 Å². The van der Waals surface area contributed by atoms with Crippen LogP contribution in [0.5, 0.6) is 0 Å². The van der Waals surface area contributed by atoms with Crippen LogP contribution < -0.4 is 10.0 Å². The Kier molecular flexibility index (Phi) is 7.09. The molecule has 2 saturated heterocycles. The van der Waals surface area contributed by atoms with Crippen molar-refractivity contribution in [1.29, 1.82) is 0 Å². The van der Waals surface area contributed by atoms with E-state index in [1.54, 1.807) is 31.2 Å². The quantitative estimate of drug-likeness (QED) is 0.459. The van der Waals surface area contributed by atoms with Gasteiger partial charge in [-0.3, -0.25) is 14.5 Å². The lowest BCUT2D eigenvalue weighted by molar-refractivity contribution is -0.143. The second kappa shape index (κ2) is 9.69.